The normalized spacial score (nSPS) is 12.1. The Kier molecular flexibility index (Phi) is 4.62. The molecule has 1 aromatic carbocycles. The van der Waals surface area contributed by atoms with E-state index in [9.17, 15) is 12.8 Å². The van der Waals surface area contributed by atoms with E-state index < -0.39 is 15.8 Å². The molecule has 0 fully saturated rings. The SMILES string of the molecule is Cc1ccc(S(=O)(=O)NOCC(C)C)cc1F. The minimum atomic E-state index is -3.81. The molecule has 0 unspecified atom stereocenters. The molecule has 0 saturated carbocycles. The molecule has 0 radical (unpaired) electrons. The van der Waals surface area contributed by atoms with Crippen molar-refractivity contribution in [1.29, 1.82) is 0 Å². The highest BCUT2D eigenvalue weighted by molar-refractivity contribution is 7.89. The summed E-state index contributed by atoms with van der Waals surface area (Å²) in [5.41, 5.74) is 0.395. The number of benzene rings is 1. The smallest absolute Gasteiger partial charge is 0.262 e. The van der Waals surface area contributed by atoms with Crippen LogP contribution in [0.3, 0.4) is 0 Å². The first kappa shape index (κ1) is 14.1. The van der Waals surface area contributed by atoms with Gasteiger partial charge in [-0.3, -0.25) is 4.84 Å². The second-order valence-corrected chi connectivity index (χ2v) is 5.85. The molecule has 0 aliphatic rings. The highest BCUT2D eigenvalue weighted by atomic mass is 32.2. The van der Waals surface area contributed by atoms with Gasteiger partial charge in [0.1, 0.15) is 5.82 Å². The van der Waals surface area contributed by atoms with Gasteiger partial charge >= 0.3 is 0 Å². The second-order valence-electron chi connectivity index (χ2n) is 4.20. The van der Waals surface area contributed by atoms with Crippen molar-refractivity contribution in [3.63, 3.8) is 0 Å². The molecule has 1 rings (SSSR count). The van der Waals surface area contributed by atoms with Crippen LogP contribution < -0.4 is 4.89 Å². The zero-order valence-electron chi connectivity index (χ0n) is 10.0. The Morgan fingerprint density at radius 1 is 1.41 bits per heavy atom. The third-order valence-corrected chi connectivity index (χ3v) is 3.25. The zero-order chi connectivity index (χ0) is 13.1. The van der Waals surface area contributed by atoms with Crippen molar-refractivity contribution in [3.8, 4) is 0 Å². The van der Waals surface area contributed by atoms with E-state index >= 15 is 0 Å². The van der Waals surface area contributed by atoms with Gasteiger partial charge in [0.05, 0.1) is 11.5 Å². The molecule has 0 bridgehead atoms. The predicted molar refractivity (Wildman–Crippen MR) is 62.2 cm³/mol. The van der Waals surface area contributed by atoms with Gasteiger partial charge in [-0.15, -0.1) is 0 Å². The average Bonchev–Trinajstić information content (AvgIpc) is 2.21. The quantitative estimate of drug-likeness (QED) is 0.825. The fourth-order valence-corrected chi connectivity index (χ4v) is 1.89. The Balaban J connectivity index is 2.79. The lowest BCUT2D eigenvalue weighted by Gasteiger charge is -2.09. The van der Waals surface area contributed by atoms with Crippen LogP contribution in [0.15, 0.2) is 23.1 Å². The average molecular weight is 261 g/mol. The van der Waals surface area contributed by atoms with Gasteiger partial charge < -0.3 is 0 Å². The molecule has 1 N–H and O–H groups in total. The summed E-state index contributed by atoms with van der Waals surface area (Å²) in [7, 11) is -3.81. The summed E-state index contributed by atoms with van der Waals surface area (Å²) in [5, 5.41) is 0. The zero-order valence-corrected chi connectivity index (χ0v) is 10.8. The molecule has 6 heteroatoms. The summed E-state index contributed by atoms with van der Waals surface area (Å²) in [6.45, 7) is 5.60. The van der Waals surface area contributed by atoms with Crippen LogP contribution in [0.4, 0.5) is 4.39 Å². The van der Waals surface area contributed by atoms with E-state index in [0.717, 1.165) is 6.07 Å². The van der Waals surface area contributed by atoms with Crippen LogP contribution >= 0.6 is 0 Å². The second kappa shape index (κ2) is 5.57. The summed E-state index contributed by atoms with van der Waals surface area (Å²) < 4.78 is 36.6. The number of aryl methyl sites for hydroxylation is 1. The monoisotopic (exact) mass is 261 g/mol. The van der Waals surface area contributed by atoms with E-state index in [1.54, 1.807) is 6.92 Å². The van der Waals surface area contributed by atoms with Gasteiger partial charge in [0, 0.05) is 0 Å². The van der Waals surface area contributed by atoms with Gasteiger partial charge in [0.25, 0.3) is 10.0 Å². The van der Waals surface area contributed by atoms with E-state index in [1.165, 1.54) is 12.1 Å². The summed E-state index contributed by atoms with van der Waals surface area (Å²) in [4.78, 5) is 6.63. The van der Waals surface area contributed by atoms with Crippen LogP contribution in [0.25, 0.3) is 0 Å². The first-order chi connectivity index (χ1) is 7.83. The fraction of sp³-hybridized carbons (Fsp3) is 0.455. The van der Waals surface area contributed by atoms with Crippen molar-refractivity contribution < 1.29 is 17.6 Å². The third-order valence-electron chi connectivity index (χ3n) is 2.04. The van der Waals surface area contributed by atoms with Crippen molar-refractivity contribution in [2.24, 2.45) is 5.92 Å². The van der Waals surface area contributed by atoms with Crippen LogP contribution in [-0.2, 0) is 14.9 Å². The third kappa shape index (κ3) is 4.07. The van der Waals surface area contributed by atoms with Crippen molar-refractivity contribution in [2.75, 3.05) is 6.61 Å². The maximum absolute atomic E-state index is 13.2. The fourth-order valence-electron chi connectivity index (χ4n) is 1.07. The Morgan fingerprint density at radius 3 is 2.59 bits per heavy atom. The molecule has 1 aromatic rings. The topological polar surface area (TPSA) is 55.4 Å². The Bertz CT molecular complexity index is 485. The van der Waals surface area contributed by atoms with E-state index in [1.807, 2.05) is 18.7 Å². The summed E-state index contributed by atoms with van der Waals surface area (Å²) >= 11 is 0. The van der Waals surface area contributed by atoms with Crippen LogP contribution in [0.5, 0.6) is 0 Å². The number of sulfonamides is 1. The molecular formula is C11H16FNO3S. The minimum absolute atomic E-state index is 0.149. The molecule has 96 valence electrons. The molecular weight excluding hydrogens is 245 g/mol. The van der Waals surface area contributed by atoms with E-state index in [0.29, 0.717) is 5.56 Å². The van der Waals surface area contributed by atoms with Crippen LogP contribution in [0, 0.1) is 18.7 Å². The number of halogens is 1. The summed E-state index contributed by atoms with van der Waals surface area (Å²) in [6, 6.07) is 3.71. The minimum Gasteiger partial charge on any atom is -0.287 e. The molecule has 0 saturated heterocycles. The van der Waals surface area contributed by atoms with Gasteiger partial charge in [-0.1, -0.05) is 24.8 Å². The van der Waals surface area contributed by atoms with Crippen molar-refractivity contribution in [1.82, 2.24) is 4.89 Å². The van der Waals surface area contributed by atoms with Crippen molar-refractivity contribution in [2.45, 2.75) is 25.7 Å². The van der Waals surface area contributed by atoms with Gasteiger partial charge in [-0.05, 0) is 30.5 Å². The first-order valence-electron chi connectivity index (χ1n) is 5.22. The number of rotatable bonds is 5. The molecule has 0 heterocycles. The van der Waals surface area contributed by atoms with Gasteiger partial charge in [-0.25, -0.2) is 12.8 Å². The molecule has 0 aromatic heterocycles. The van der Waals surface area contributed by atoms with Crippen molar-refractivity contribution >= 4 is 10.0 Å². The Labute approximate surface area is 101 Å². The van der Waals surface area contributed by atoms with Crippen molar-refractivity contribution in [3.05, 3.63) is 29.6 Å². The lowest BCUT2D eigenvalue weighted by Crippen LogP contribution is -2.26. The molecule has 0 aliphatic heterocycles. The lowest BCUT2D eigenvalue weighted by molar-refractivity contribution is 0.0718. The first-order valence-corrected chi connectivity index (χ1v) is 6.71. The van der Waals surface area contributed by atoms with Crippen LogP contribution in [0.1, 0.15) is 19.4 Å². The molecule has 4 nitrogen and oxygen atoms in total. The number of hydrogen-bond acceptors (Lipinski definition) is 3. The van der Waals surface area contributed by atoms with E-state index in [4.69, 9.17) is 4.84 Å². The molecule has 17 heavy (non-hydrogen) atoms. The highest BCUT2D eigenvalue weighted by Gasteiger charge is 2.15. The van der Waals surface area contributed by atoms with Gasteiger partial charge in [0.15, 0.2) is 0 Å². The Morgan fingerprint density at radius 2 is 2.06 bits per heavy atom. The van der Waals surface area contributed by atoms with Crippen LogP contribution in [-0.4, -0.2) is 15.0 Å². The summed E-state index contributed by atoms with van der Waals surface area (Å²) in [5.74, 6) is -0.357. The van der Waals surface area contributed by atoms with E-state index in [2.05, 4.69) is 0 Å². The maximum atomic E-state index is 13.2. The standard InChI is InChI=1S/C11H16FNO3S/c1-8(2)7-16-13-17(14,15)10-5-4-9(3)11(12)6-10/h4-6,8,13H,7H2,1-3H3. The number of nitrogens with one attached hydrogen (secondary N) is 1. The highest BCUT2D eigenvalue weighted by Crippen LogP contribution is 2.13. The van der Waals surface area contributed by atoms with Crippen LogP contribution in [0.2, 0.25) is 0 Å². The number of hydrogen-bond donors (Lipinski definition) is 1. The maximum Gasteiger partial charge on any atom is 0.262 e. The molecule has 0 amide bonds. The molecule has 0 aliphatic carbocycles. The molecule has 0 atom stereocenters. The lowest BCUT2D eigenvalue weighted by atomic mass is 10.2. The predicted octanol–water partition coefficient (Wildman–Crippen LogP) is 2.00. The summed E-state index contributed by atoms with van der Waals surface area (Å²) in [6.07, 6.45) is 0. The van der Waals surface area contributed by atoms with E-state index in [-0.39, 0.29) is 17.4 Å². The van der Waals surface area contributed by atoms with Gasteiger partial charge in [0.2, 0.25) is 0 Å². The Hall–Kier alpha value is -0.980. The molecule has 0 spiro atoms. The largest absolute Gasteiger partial charge is 0.287 e. The van der Waals surface area contributed by atoms with Gasteiger partial charge in [-0.2, -0.15) is 0 Å².